The molecule has 0 aliphatic carbocycles. The Morgan fingerprint density at radius 1 is 1.30 bits per heavy atom. The molecule has 2 aromatic rings. The zero-order chi connectivity index (χ0) is 16.2. The molecule has 1 aliphatic heterocycles. The highest BCUT2D eigenvalue weighted by molar-refractivity contribution is 5.76. The van der Waals surface area contributed by atoms with Gasteiger partial charge in [0.1, 0.15) is 0 Å². The normalized spacial score (nSPS) is 18.2. The molecule has 4 nitrogen and oxygen atoms in total. The number of likely N-dealkylation sites (tertiary alicyclic amines) is 1. The van der Waals surface area contributed by atoms with Crippen molar-refractivity contribution >= 4 is 5.91 Å². The van der Waals surface area contributed by atoms with Crippen molar-refractivity contribution in [1.82, 2.24) is 14.7 Å². The number of piperidine rings is 1. The molecule has 3 rings (SSSR count). The minimum Gasteiger partial charge on any atom is -0.342 e. The molecule has 0 bridgehead atoms. The molecule has 1 aromatic heterocycles. The molecule has 2 heterocycles. The zero-order valence-corrected chi connectivity index (χ0v) is 14.0. The van der Waals surface area contributed by atoms with Crippen molar-refractivity contribution in [1.29, 1.82) is 0 Å². The van der Waals surface area contributed by atoms with Gasteiger partial charge >= 0.3 is 0 Å². The largest absolute Gasteiger partial charge is 0.342 e. The van der Waals surface area contributed by atoms with E-state index in [0.717, 1.165) is 25.1 Å². The highest BCUT2D eigenvalue weighted by Gasteiger charge is 2.24. The number of nitrogens with zero attached hydrogens (tertiary/aromatic N) is 3. The molecule has 1 atom stereocenters. The first kappa shape index (κ1) is 15.8. The van der Waals surface area contributed by atoms with E-state index in [1.165, 1.54) is 17.5 Å². The SMILES string of the molecule is Cc1cccc([C@@H]2CCCN(C(=O)CCn3cc(C)cn3)C2)c1. The van der Waals surface area contributed by atoms with Crippen molar-refractivity contribution in [3.05, 3.63) is 53.3 Å². The smallest absolute Gasteiger partial charge is 0.224 e. The average molecular weight is 311 g/mol. The molecule has 0 radical (unpaired) electrons. The summed E-state index contributed by atoms with van der Waals surface area (Å²) in [7, 11) is 0. The Morgan fingerprint density at radius 3 is 2.91 bits per heavy atom. The van der Waals surface area contributed by atoms with Crippen LogP contribution in [-0.4, -0.2) is 33.7 Å². The van der Waals surface area contributed by atoms with Crippen molar-refractivity contribution in [2.75, 3.05) is 13.1 Å². The predicted octanol–water partition coefficient (Wildman–Crippen LogP) is 3.30. The van der Waals surface area contributed by atoms with Gasteiger partial charge in [-0.3, -0.25) is 9.48 Å². The molecule has 0 N–H and O–H groups in total. The average Bonchev–Trinajstić information content (AvgIpc) is 2.98. The standard InChI is InChI=1S/C19H25N3O/c1-15-5-3-6-17(11-15)18-7-4-9-21(14-18)19(23)8-10-22-13-16(2)12-20-22/h3,5-6,11-13,18H,4,7-10,14H2,1-2H3/t18-/m1/s1. The lowest BCUT2D eigenvalue weighted by atomic mass is 9.89. The molecule has 1 fully saturated rings. The van der Waals surface area contributed by atoms with Gasteiger partial charge in [-0.25, -0.2) is 0 Å². The molecule has 1 aromatic carbocycles. The summed E-state index contributed by atoms with van der Waals surface area (Å²) in [5.74, 6) is 0.718. The number of hydrogen-bond donors (Lipinski definition) is 0. The lowest BCUT2D eigenvalue weighted by Gasteiger charge is -2.33. The third-order valence-electron chi connectivity index (χ3n) is 4.60. The predicted molar refractivity (Wildman–Crippen MR) is 91.3 cm³/mol. The van der Waals surface area contributed by atoms with Gasteiger partial charge in [-0.1, -0.05) is 29.8 Å². The zero-order valence-electron chi connectivity index (χ0n) is 14.0. The number of aromatic nitrogens is 2. The quantitative estimate of drug-likeness (QED) is 0.869. The fourth-order valence-electron chi connectivity index (χ4n) is 3.36. The van der Waals surface area contributed by atoms with E-state index in [1.54, 1.807) is 0 Å². The fourth-order valence-corrected chi connectivity index (χ4v) is 3.36. The molecule has 1 aliphatic rings. The van der Waals surface area contributed by atoms with E-state index in [1.807, 2.05) is 28.9 Å². The summed E-state index contributed by atoms with van der Waals surface area (Å²) in [5, 5.41) is 4.25. The minimum atomic E-state index is 0.246. The van der Waals surface area contributed by atoms with Crippen LogP contribution in [0.5, 0.6) is 0 Å². The summed E-state index contributed by atoms with van der Waals surface area (Å²) < 4.78 is 1.86. The van der Waals surface area contributed by atoms with Gasteiger partial charge in [-0.05, 0) is 37.8 Å². The maximum atomic E-state index is 12.5. The van der Waals surface area contributed by atoms with Gasteiger partial charge in [-0.15, -0.1) is 0 Å². The van der Waals surface area contributed by atoms with Crippen molar-refractivity contribution in [2.24, 2.45) is 0 Å². The highest BCUT2D eigenvalue weighted by Crippen LogP contribution is 2.27. The molecule has 23 heavy (non-hydrogen) atoms. The molecule has 1 saturated heterocycles. The summed E-state index contributed by atoms with van der Waals surface area (Å²) in [6.45, 7) is 6.54. The lowest BCUT2D eigenvalue weighted by molar-refractivity contribution is -0.132. The van der Waals surface area contributed by atoms with Crippen LogP contribution in [0.3, 0.4) is 0 Å². The first-order valence-electron chi connectivity index (χ1n) is 8.45. The van der Waals surface area contributed by atoms with Crippen molar-refractivity contribution in [2.45, 2.75) is 45.6 Å². The summed E-state index contributed by atoms with van der Waals surface area (Å²) in [6.07, 6.45) is 6.61. The molecular formula is C19H25N3O. The lowest BCUT2D eigenvalue weighted by Crippen LogP contribution is -2.39. The first-order valence-corrected chi connectivity index (χ1v) is 8.45. The Labute approximate surface area is 138 Å². The van der Waals surface area contributed by atoms with E-state index in [0.29, 0.717) is 18.9 Å². The van der Waals surface area contributed by atoms with Gasteiger partial charge in [0.15, 0.2) is 0 Å². The van der Waals surface area contributed by atoms with Crippen LogP contribution in [0, 0.1) is 13.8 Å². The Kier molecular flexibility index (Phi) is 4.79. The van der Waals surface area contributed by atoms with Crippen molar-refractivity contribution in [3.8, 4) is 0 Å². The molecule has 4 heteroatoms. The topological polar surface area (TPSA) is 38.1 Å². The summed E-state index contributed by atoms with van der Waals surface area (Å²) in [4.78, 5) is 14.5. The van der Waals surface area contributed by atoms with Crippen LogP contribution >= 0.6 is 0 Å². The molecule has 122 valence electrons. The summed E-state index contributed by atoms with van der Waals surface area (Å²) in [5.41, 5.74) is 3.79. The van der Waals surface area contributed by atoms with E-state index in [-0.39, 0.29) is 5.91 Å². The van der Waals surface area contributed by atoms with Crippen molar-refractivity contribution < 1.29 is 4.79 Å². The van der Waals surface area contributed by atoms with Crippen LogP contribution in [0.25, 0.3) is 0 Å². The van der Waals surface area contributed by atoms with Gasteiger partial charge < -0.3 is 4.90 Å². The number of amides is 1. The maximum Gasteiger partial charge on any atom is 0.224 e. The van der Waals surface area contributed by atoms with E-state index < -0.39 is 0 Å². The van der Waals surface area contributed by atoms with Crippen LogP contribution in [0.2, 0.25) is 0 Å². The van der Waals surface area contributed by atoms with Crippen molar-refractivity contribution in [3.63, 3.8) is 0 Å². The number of carbonyl (C=O) groups excluding carboxylic acids is 1. The molecule has 1 amide bonds. The second kappa shape index (κ2) is 6.99. The number of benzene rings is 1. The Bertz CT molecular complexity index is 677. The molecule has 0 saturated carbocycles. The van der Waals surface area contributed by atoms with Gasteiger partial charge in [0.05, 0.1) is 6.20 Å². The van der Waals surface area contributed by atoms with Crippen LogP contribution in [0.4, 0.5) is 0 Å². The van der Waals surface area contributed by atoms with E-state index in [4.69, 9.17) is 0 Å². The Hall–Kier alpha value is -2.10. The number of carbonyl (C=O) groups is 1. The summed E-state index contributed by atoms with van der Waals surface area (Å²) >= 11 is 0. The third-order valence-corrected chi connectivity index (χ3v) is 4.60. The third kappa shape index (κ3) is 4.01. The van der Waals surface area contributed by atoms with E-state index in [9.17, 15) is 4.79 Å². The van der Waals surface area contributed by atoms with Crippen LogP contribution in [-0.2, 0) is 11.3 Å². The van der Waals surface area contributed by atoms with Gasteiger partial charge in [0.2, 0.25) is 5.91 Å². The fraction of sp³-hybridized carbons (Fsp3) is 0.474. The summed E-state index contributed by atoms with van der Waals surface area (Å²) in [6, 6.07) is 8.69. The van der Waals surface area contributed by atoms with Crippen LogP contribution < -0.4 is 0 Å². The van der Waals surface area contributed by atoms with Gasteiger partial charge in [-0.2, -0.15) is 5.10 Å². The first-order chi connectivity index (χ1) is 11.1. The van der Waals surface area contributed by atoms with E-state index in [2.05, 4.69) is 36.3 Å². The van der Waals surface area contributed by atoms with Gasteiger partial charge in [0, 0.05) is 38.2 Å². The number of aryl methyl sites for hydroxylation is 3. The maximum absolute atomic E-state index is 12.5. The molecular weight excluding hydrogens is 286 g/mol. The van der Waals surface area contributed by atoms with Gasteiger partial charge in [0.25, 0.3) is 0 Å². The Balaban J connectivity index is 1.58. The number of rotatable bonds is 4. The van der Waals surface area contributed by atoms with Crippen LogP contribution in [0.15, 0.2) is 36.7 Å². The number of hydrogen-bond acceptors (Lipinski definition) is 2. The molecule has 0 spiro atoms. The van der Waals surface area contributed by atoms with E-state index >= 15 is 0 Å². The second-order valence-corrected chi connectivity index (χ2v) is 6.62. The van der Waals surface area contributed by atoms with Crippen LogP contribution in [0.1, 0.15) is 41.9 Å². The molecule has 0 unspecified atom stereocenters. The minimum absolute atomic E-state index is 0.246. The highest BCUT2D eigenvalue weighted by atomic mass is 16.2. The monoisotopic (exact) mass is 311 g/mol. The Morgan fingerprint density at radius 2 is 2.17 bits per heavy atom. The second-order valence-electron chi connectivity index (χ2n) is 6.62.